The lowest BCUT2D eigenvalue weighted by atomic mass is 10.0. The van der Waals surface area contributed by atoms with Gasteiger partial charge < -0.3 is 10.5 Å². The molecule has 0 aliphatic carbocycles. The standard InChI is InChI=1S/C10H14ClNO/c1-7(13-2)10(12)8-4-3-5-9(11)6-8/h3-7,10H,12H2,1-2H3. The highest BCUT2D eigenvalue weighted by atomic mass is 35.5. The molecule has 0 amide bonds. The van der Waals surface area contributed by atoms with Crippen molar-refractivity contribution in [1.82, 2.24) is 0 Å². The Labute approximate surface area is 83.6 Å². The van der Waals surface area contributed by atoms with E-state index >= 15 is 0 Å². The van der Waals surface area contributed by atoms with Crippen LogP contribution in [0.3, 0.4) is 0 Å². The normalized spacial score (nSPS) is 15.4. The van der Waals surface area contributed by atoms with Crippen LogP contribution < -0.4 is 5.73 Å². The van der Waals surface area contributed by atoms with E-state index in [1.165, 1.54) is 0 Å². The molecule has 0 spiro atoms. The van der Waals surface area contributed by atoms with Crippen LogP contribution in [0.25, 0.3) is 0 Å². The predicted octanol–water partition coefficient (Wildman–Crippen LogP) is 2.37. The van der Waals surface area contributed by atoms with Gasteiger partial charge in [-0.3, -0.25) is 0 Å². The van der Waals surface area contributed by atoms with Crippen LogP contribution in [0.5, 0.6) is 0 Å². The first-order valence-electron chi connectivity index (χ1n) is 4.19. The fraction of sp³-hybridized carbons (Fsp3) is 0.400. The molecule has 0 fully saturated rings. The molecule has 1 aromatic carbocycles. The van der Waals surface area contributed by atoms with Crippen LogP contribution in [0.15, 0.2) is 24.3 Å². The molecule has 0 aliphatic heterocycles. The lowest BCUT2D eigenvalue weighted by molar-refractivity contribution is 0.0957. The summed E-state index contributed by atoms with van der Waals surface area (Å²) in [4.78, 5) is 0. The molecular weight excluding hydrogens is 186 g/mol. The van der Waals surface area contributed by atoms with Gasteiger partial charge in [0, 0.05) is 12.1 Å². The Balaban J connectivity index is 2.82. The number of hydrogen-bond donors (Lipinski definition) is 1. The van der Waals surface area contributed by atoms with Gasteiger partial charge in [-0.15, -0.1) is 0 Å². The lowest BCUT2D eigenvalue weighted by Crippen LogP contribution is -2.25. The van der Waals surface area contributed by atoms with Crippen molar-refractivity contribution in [3.8, 4) is 0 Å². The lowest BCUT2D eigenvalue weighted by Gasteiger charge is -2.18. The van der Waals surface area contributed by atoms with Crippen molar-refractivity contribution in [2.75, 3.05) is 7.11 Å². The maximum absolute atomic E-state index is 5.93. The monoisotopic (exact) mass is 199 g/mol. The summed E-state index contributed by atoms with van der Waals surface area (Å²) >= 11 is 5.84. The molecule has 2 nitrogen and oxygen atoms in total. The number of ether oxygens (including phenoxy) is 1. The van der Waals surface area contributed by atoms with Crippen molar-refractivity contribution < 1.29 is 4.74 Å². The first-order chi connectivity index (χ1) is 6.15. The van der Waals surface area contributed by atoms with E-state index in [0.717, 1.165) is 5.56 Å². The number of rotatable bonds is 3. The molecule has 1 rings (SSSR count). The molecule has 0 saturated carbocycles. The maximum atomic E-state index is 5.93. The van der Waals surface area contributed by atoms with Gasteiger partial charge in [-0.05, 0) is 24.6 Å². The first-order valence-corrected chi connectivity index (χ1v) is 4.56. The molecule has 0 aliphatic rings. The van der Waals surface area contributed by atoms with Crippen LogP contribution in [0.2, 0.25) is 5.02 Å². The SMILES string of the molecule is COC(C)C(N)c1cccc(Cl)c1. The van der Waals surface area contributed by atoms with Gasteiger partial charge in [-0.2, -0.15) is 0 Å². The second-order valence-electron chi connectivity index (χ2n) is 3.02. The number of hydrogen-bond acceptors (Lipinski definition) is 2. The van der Waals surface area contributed by atoms with Crippen LogP contribution in [0, 0.1) is 0 Å². The van der Waals surface area contributed by atoms with E-state index in [4.69, 9.17) is 22.1 Å². The highest BCUT2D eigenvalue weighted by molar-refractivity contribution is 6.30. The van der Waals surface area contributed by atoms with Gasteiger partial charge in [-0.25, -0.2) is 0 Å². The number of benzene rings is 1. The van der Waals surface area contributed by atoms with Gasteiger partial charge in [-0.1, -0.05) is 23.7 Å². The Kier molecular flexibility index (Phi) is 3.72. The minimum absolute atomic E-state index is 0.00142. The molecular formula is C10H14ClNO. The summed E-state index contributed by atoms with van der Waals surface area (Å²) in [6.45, 7) is 1.94. The van der Waals surface area contributed by atoms with Crippen molar-refractivity contribution in [1.29, 1.82) is 0 Å². The van der Waals surface area contributed by atoms with Crippen LogP contribution in [-0.2, 0) is 4.74 Å². The summed E-state index contributed by atoms with van der Waals surface area (Å²) in [5.41, 5.74) is 6.94. The highest BCUT2D eigenvalue weighted by Crippen LogP contribution is 2.19. The zero-order chi connectivity index (χ0) is 9.84. The minimum atomic E-state index is -0.122. The molecule has 3 heteroatoms. The Morgan fingerprint density at radius 2 is 2.15 bits per heavy atom. The Morgan fingerprint density at radius 1 is 1.46 bits per heavy atom. The zero-order valence-electron chi connectivity index (χ0n) is 7.83. The van der Waals surface area contributed by atoms with Crippen molar-refractivity contribution in [3.63, 3.8) is 0 Å². The largest absolute Gasteiger partial charge is 0.380 e. The smallest absolute Gasteiger partial charge is 0.0735 e. The van der Waals surface area contributed by atoms with E-state index in [1.54, 1.807) is 7.11 Å². The van der Waals surface area contributed by atoms with E-state index < -0.39 is 0 Å². The maximum Gasteiger partial charge on any atom is 0.0735 e. The molecule has 13 heavy (non-hydrogen) atoms. The van der Waals surface area contributed by atoms with E-state index in [2.05, 4.69) is 0 Å². The van der Waals surface area contributed by atoms with Crippen molar-refractivity contribution in [3.05, 3.63) is 34.9 Å². The van der Waals surface area contributed by atoms with E-state index in [9.17, 15) is 0 Å². The van der Waals surface area contributed by atoms with Crippen LogP contribution >= 0.6 is 11.6 Å². The number of nitrogens with two attached hydrogens (primary N) is 1. The van der Waals surface area contributed by atoms with Gasteiger partial charge in [0.1, 0.15) is 0 Å². The third-order valence-corrected chi connectivity index (χ3v) is 2.35. The second kappa shape index (κ2) is 4.61. The molecule has 0 radical (unpaired) electrons. The average Bonchev–Trinajstić information content (AvgIpc) is 2.15. The van der Waals surface area contributed by atoms with Gasteiger partial charge in [0.05, 0.1) is 12.1 Å². The number of methoxy groups -OCH3 is 1. The molecule has 0 aromatic heterocycles. The molecule has 0 saturated heterocycles. The van der Waals surface area contributed by atoms with Gasteiger partial charge >= 0.3 is 0 Å². The molecule has 2 N–H and O–H groups in total. The summed E-state index contributed by atoms with van der Waals surface area (Å²) in [5.74, 6) is 0. The third kappa shape index (κ3) is 2.69. The topological polar surface area (TPSA) is 35.2 Å². The molecule has 2 atom stereocenters. The average molecular weight is 200 g/mol. The summed E-state index contributed by atoms with van der Waals surface area (Å²) in [5, 5.41) is 0.705. The third-order valence-electron chi connectivity index (χ3n) is 2.11. The van der Waals surface area contributed by atoms with E-state index in [-0.39, 0.29) is 12.1 Å². The van der Waals surface area contributed by atoms with Crippen molar-refractivity contribution in [2.24, 2.45) is 5.73 Å². The number of halogens is 1. The van der Waals surface area contributed by atoms with Gasteiger partial charge in [0.15, 0.2) is 0 Å². The summed E-state index contributed by atoms with van der Waals surface area (Å²) < 4.78 is 5.14. The Hall–Kier alpha value is -0.570. The molecule has 1 aromatic rings. The van der Waals surface area contributed by atoms with E-state index in [0.29, 0.717) is 5.02 Å². The quantitative estimate of drug-likeness (QED) is 0.812. The molecule has 2 unspecified atom stereocenters. The van der Waals surface area contributed by atoms with Crippen molar-refractivity contribution in [2.45, 2.75) is 19.1 Å². The molecule has 0 bridgehead atoms. The minimum Gasteiger partial charge on any atom is -0.380 e. The zero-order valence-corrected chi connectivity index (χ0v) is 8.58. The molecule has 72 valence electrons. The Bertz CT molecular complexity index is 277. The van der Waals surface area contributed by atoms with Crippen LogP contribution in [0.1, 0.15) is 18.5 Å². The summed E-state index contributed by atoms with van der Waals surface area (Å²) in [6, 6.07) is 7.41. The second-order valence-corrected chi connectivity index (χ2v) is 3.46. The Morgan fingerprint density at radius 3 is 2.69 bits per heavy atom. The summed E-state index contributed by atoms with van der Waals surface area (Å²) in [7, 11) is 1.65. The first kappa shape index (κ1) is 10.5. The van der Waals surface area contributed by atoms with Gasteiger partial charge in [0.25, 0.3) is 0 Å². The van der Waals surface area contributed by atoms with E-state index in [1.807, 2.05) is 31.2 Å². The highest BCUT2D eigenvalue weighted by Gasteiger charge is 2.13. The summed E-state index contributed by atoms with van der Waals surface area (Å²) in [6.07, 6.45) is -0.00142. The van der Waals surface area contributed by atoms with Gasteiger partial charge in [0.2, 0.25) is 0 Å². The fourth-order valence-electron chi connectivity index (χ4n) is 1.13. The van der Waals surface area contributed by atoms with Crippen molar-refractivity contribution >= 4 is 11.6 Å². The van der Waals surface area contributed by atoms with Crippen LogP contribution in [0.4, 0.5) is 0 Å². The fourth-order valence-corrected chi connectivity index (χ4v) is 1.33. The molecule has 0 heterocycles. The van der Waals surface area contributed by atoms with Crippen LogP contribution in [-0.4, -0.2) is 13.2 Å². The predicted molar refractivity (Wildman–Crippen MR) is 54.9 cm³/mol.